The van der Waals surface area contributed by atoms with Crippen LogP contribution in [0.3, 0.4) is 0 Å². The van der Waals surface area contributed by atoms with Gasteiger partial charge < -0.3 is 14.5 Å². The molecule has 1 saturated heterocycles. The molecule has 1 N–H and O–H groups in total. The summed E-state index contributed by atoms with van der Waals surface area (Å²) >= 11 is 1.43. The van der Waals surface area contributed by atoms with Gasteiger partial charge in [-0.15, -0.1) is 11.3 Å². The van der Waals surface area contributed by atoms with E-state index in [2.05, 4.69) is 15.2 Å². The number of aryl methyl sites for hydroxylation is 1. The average molecular weight is 402 g/mol. The Morgan fingerprint density at radius 3 is 2.93 bits per heavy atom. The second-order valence-corrected chi connectivity index (χ2v) is 7.53. The molecule has 0 aliphatic carbocycles. The first-order valence-corrected chi connectivity index (χ1v) is 10.2. The summed E-state index contributed by atoms with van der Waals surface area (Å²) in [5, 5.41) is 5.43. The van der Waals surface area contributed by atoms with E-state index in [9.17, 15) is 9.59 Å². The molecule has 2 aromatic heterocycles. The Hall–Kier alpha value is -2.49. The molecule has 1 amide bonds. The third-order valence-electron chi connectivity index (χ3n) is 4.65. The maximum absolute atomic E-state index is 12.2. The predicted molar refractivity (Wildman–Crippen MR) is 107 cm³/mol. The number of carbonyl (C=O) groups is 1. The topological polar surface area (TPSA) is 89.6 Å². The Bertz CT molecular complexity index is 1000. The first-order valence-electron chi connectivity index (χ1n) is 9.32. The number of rotatable bonds is 7. The summed E-state index contributed by atoms with van der Waals surface area (Å²) in [7, 11) is 0. The van der Waals surface area contributed by atoms with E-state index >= 15 is 0 Å². The van der Waals surface area contributed by atoms with Gasteiger partial charge in [0, 0.05) is 38.0 Å². The molecule has 1 aliphatic heterocycles. The minimum Gasteiger partial charge on any atom is -0.408 e. The fraction of sp³-hybridized carbons (Fsp3) is 0.421. The molecule has 1 fully saturated rings. The average Bonchev–Trinajstić information content (AvgIpc) is 3.26. The normalized spacial score (nSPS) is 15.1. The van der Waals surface area contributed by atoms with E-state index in [-0.39, 0.29) is 5.91 Å². The van der Waals surface area contributed by atoms with Crippen molar-refractivity contribution in [2.45, 2.75) is 25.9 Å². The second-order valence-electron chi connectivity index (χ2n) is 6.67. The highest BCUT2D eigenvalue weighted by atomic mass is 32.1. The Kier molecular flexibility index (Phi) is 5.84. The van der Waals surface area contributed by atoms with Gasteiger partial charge in [-0.25, -0.2) is 9.78 Å². The lowest BCUT2D eigenvalue weighted by atomic mass is 10.3. The molecule has 0 radical (unpaired) electrons. The second kappa shape index (κ2) is 8.68. The highest BCUT2D eigenvalue weighted by molar-refractivity contribution is 7.13. The molecule has 0 spiro atoms. The fourth-order valence-electron chi connectivity index (χ4n) is 3.23. The molecule has 28 heavy (non-hydrogen) atoms. The quantitative estimate of drug-likeness (QED) is 0.652. The van der Waals surface area contributed by atoms with Gasteiger partial charge in [-0.1, -0.05) is 12.1 Å². The van der Waals surface area contributed by atoms with Crippen molar-refractivity contribution in [2.75, 3.05) is 31.6 Å². The molecule has 0 saturated carbocycles. The third-order valence-corrected chi connectivity index (χ3v) is 5.45. The SMILES string of the molecule is O=C(CCCn1c(=O)oc2ccccc21)Nc1nc(CN2CCOCC2)cs1. The highest BCUT2D eigenvalue weighted by Crippen LogP contribution is 2.18. The van der Waals surface area contributed by atoms with E-state index in [0.717, 1.165) is 44.1 Å². The number of anilines is 1. The summed E-state index contributed by atoms with van der Waals surface area (Å²) in [6, 6.07) is 7.28. The van der Waals surface area contributed by atoms with E-state index in [1.807, 2.05) is 23.6 Å². The van der Waals surface area contributed by atoms with Crippen LogP contribution in [0.4, 0.5) is 5.13 Å². The highest BCUT2D eigenvalue weighted by Gasteiger charge is 2.14. The predicted octanol–water partition coefficient (Wildman–Crippen LogP) is 2.30. The number of aromatic nitrogens is 2. The number of benzene rings is 1. The van der Waals surface area contributed by atoms with Gasteiger partial charge in [-0.2, -0.15) is 0 Å². The third kappa shape index (κ3) is 4.49. The number of ether oxygens (including phenoxy) is 1. The monoisotopic (exact) mass is 402 g/mol. The van der Waals surface area contributed by atoms with Gasteiger partial charge in [0.05, 0.1) is 24.4 Å². The summed E-state index contributed by atoms with van der Waals surface area (Å²) in [5.74, 6) is -0.498. The standard InChI is InChI=1S/C19H22N4O4S/c24-17(6-3-7-23-15-4-1-2-5-16(15)27-19(23)25)21-18-20-14(13-28-18)12-22-8-10-26-11-9-22/h1-2,4-5,13H,3,6-12H2,(H,20,21,24). The minimum absolute atomic E-state index is 0.104. The molecule has 0 atom stereocenters. The van der Waals surface area contributed by atoms with E-state index in [1.54, 1.807) is 10.6 Å². The summed E-state index contributed by atoms with van der Waals surface area (Å²) in [6.07, 6.45) is 0.853. The number of carbonyl (C=O) groups excluding carboxylic acids is 1. The van der Waals surface area contributed by atoms with Crippen LogP contribution in [-0.2, 0) is 22.6 Å². The summed E-state index contributed by atoms with van der Waals surface area (Å²) in [6.45, 7) is 4.52. The minimum atomic E-state index is -0.394. The van der Waals surface area contributed by atoms with Crippen LogP contribution in [-0.4, -0.2) is 46.7 Å². The van der Waals surface area contributed by atoms with Crippen molar-refractivity contribution < 1.29 is 13.9 Å². The van der Waals surface area contributed by atoms with Crippen molar-refractivity contribution >= 4 is 33.5 Å². The summed E-state index contributed by atoms with van der Waals surface area (Å²) in [4.78, 5) is 30.9. The van der Waals surface area contributed by atoms with Crippen LogP contribution in [0.2, 0.25) is 0 Å². The van der Waals surface area contributed by atoms with Crippen LogP contribution in [0, 0.1) is 0 Å². The first-order chi connectivity index (χ1) is 13.7. The molecule has 0 unspecified atom stereocenters. The van der Waals surface area contributed by atoms with Crippen LogP contribution < -0.4 is 11.1 Å². The number of nitrogens with zero attached hydrogens (tertiary/aromatic N) is 3. The van der Waals surface area contributed by atoms with Gasteiger partial charge in [0.15, 0.2) is 10.7 Å². The lowest BCUT2D eigenvalue weighted by molar-refractivity contribution is -0.116. The van der Waals surface area contributed by atoms with E-state index in [1.165, 1.54) is 11.3 Å². The Morgan fingerprint density at radius 2 is 2.07 bits per heavy atom. The Morgan fingerprint density at radius 1 is 1.25 bits per heavy atom. The van der Waals surface area contributed by atoms with Crippen LogP contribution in [0.25, 0.3) is 11.1 Å². The van der Waals surface area contributed by atoms with Gasteiger partial charge in [0.2, 0.25) is 5.91 Å². The van der Waals surface area contributed by atoms with Gasteiger partial charge in [0.25, 0.3) is 0 Å². The van der Waals surface area contributed by atoms with Gasteiger partial charge in [0.1, 0.15) is 0 Å². The Balaban J connectivity index is 1.26. The number of fused-ring (bicyclic) bond motifs is 1. The molecule has 0 bridgehead atoms. The number of hydrogen-bond donors (Lipinski definition) is 1. The van der Waals surface area contributed by atoms with Crippen molar-refractivity contribution in [1.82, 2.24) is 14.5 Å². The Labute approximate surface area is 165 Å². The molecular formula is C19H22N4O4S. The molecule has 3 heterocycles. The molecule has 148 valence electrons. The lowest BCUT2D eigenvalue weighted by Crippen LogP contribution is -2.35. The maximum atomic E-state index is 12.2. The molecular weight excluding hydrogens is 380 g/mol. The number of morpholine rings is 1. The maximum Gasteiger partial charge on any atom is 0.419 e. The van der Waals surface area contributed by atoms with Crippen LogP contribution in [0.5, 0.6) is 0 Å². The fourth-order valence-corrected chi connectivity index (χ4v) is 3.95. The van der Waals surface area contributed by atoms with Crippen LogP contribution in [0.15, 0.2) is 38.9 Å². The largest absolute Gasteiger partial charge is 0.419 e. The molecule has 1 aliphatic rings. The summed E-state index contributed by atoms with van der Waals surface area (Å²) in [5.41, 5.74) is 2.27. The summed E-state index contributed by atoms with van der Waals surface area (Å²) < 4.78 is 12.1. The molecule has 4 rings (SSSR count). The number of thiazole rings is 1. The first kappa shape index (κ1) is 18.9. The molecule has 9 heteroatoms. The molecule has 8 nitrogen and oxygen atoms in total. The van der Waals surface area contributed by atoms with E-state index in [0.29, 0.717) is 30.1 Å². The van der Waals surface area contributed by atoms with Crippen LogP contribution >= 0.6 is 11.3 Å². The van der Waals surface area contributed by atoms with Gasteiger partial charge in [-0.3, -0.25) is 14.3 Å². The van der Waals surface area contributed by atoms with Gasteiger partial charge in [-0.05, 0) is 18.6 Å². The van der Waals surface area contributed by atoms with Crippen molar-refractivity contribution in [2.24, 2.45) is 0 Å². The van der Waals surface area contributed by atoms with Crippen LogP contribution in [0.1, 0.15) is 18.5 Å². The van der Waals surface area contributed by atoms with E-state index in [4.69, 9.17) is 9.15 Å². The number of hydrogen-bond acceptors (Lipinski definition) is 7. The number of amides is 1. The smallest absolute Gasteiger partial charge is 0.408 e. The number of nitrogens with one attached hydrogen (secondary N) is 1. The number of oxazole rings is 1. The van der Waals surface area contributed by atoms with Crippen molar-refractivity contribution in [3.63, 3.8) is 0 Å². The molecule has 1 aromatic carbocycles. The van der Waals surface area contributed by atoms with Gasteiger partial charge >= 0.3 is 5.76 Å². The zero-order valence-electron chi connectivity index (χ0n) is 15.4. The zero-order chi connectivity index (χ0) is 19.3. The zero-order valence-corrected chi connectivity index (χ0v) is 16.2. The number of para-hydroxylation sites is 2. The van der Waals surface area contributed by atoms with Crippen molar-refractivity contribution in [3.05, 3.63) is 45.9 Å². The molecule has 3 aromatic rings. The van der Waals surface area contributed by atoms with Crippen molar-refractivity contribution in [1.29, 1.82) is 0 Å². The van der Waals surface area contributed by atoms with E-state index < -0.39 is 5.76 Å². The van der Waals surface area contributed by atoms with Crippen molar-refractivity contribution in [3.8, 4) is 0 Å². The lowest BCUT2D eigenvalue weighted by Gasteiger charge is -2.25.